The van der Waals surface area contributed by atoms with Crippen LogP contribution in [0.2, 0.25) is 10.0 Å². The molecule has 0 unspecified atom stereocenters. The summed E-state index contributed by atoms with van der Waals surface area (Å²) in [5.74, 6) is -1.20. The molecule has 0 spiro atoms. The van der Waals surface area contributed by atoms with Gasteiger partial charge in [-0.25, -0.2) is 22.2 Å². The SMILES string of the molecule is O=S(=O)(c1ccc(F)c(Cl)c1)c1cc(-c2ccc(Cl)cc2)c2cc(F)ccc2n1. The number of aromatic nitrogens is 1. The Labute approximate surface area is 175 Å². The number of hydrogen-bond acceptors (Lipinski definition) is 3. The van der Waals surface area contributed by atoms with Crippen molar-refractivity contribution in [3.63, 3.8) is 0 Å². The van der Waals surface area contributed by atoms with Gasteiger partial charge in [0.1, 0.15) is 11.6 Å². The van der Waals surface area contributed by atoms with Crippen LogP contribution >= 0.6 is 23.2 Å². The third kappa shape index (κ3) is 3.71. The number of sulfone groups is 1. The highest BCUT2D eigenvalue weighted by molar-refractivity contribution is 7.91. The van der Waals surface area contributed by atoms with E-state index in [1.807, 2.05) is 0 Å². The summed E-state index contributed by atoms with van der Waals surface area (Å²) in [5.41, 5.74) is 1.41. The zero-order valence-corrected chi connectivity index (χ0v) is 16.9. The lowest BCUT2D eigenvalue weighted by atomic mass is 10.0. The normalized spacial score (nSPS) is 11.7. The molecule has 4 aromatic rings. The summed E-state index contributed by atoms with van der Waals surface area (Å²) in [6, 6.07) is 15.1. The standard InChI is InChI=1S/C21H11Cl2F2NO2S/c22-13-3-1-12(2-4-13)16-11-21(26-20-8-5-14(24)9-17(16)20)29(27,28)15-6-7-19(25)18(23)10-15/h1-11H. The Morgan fingerprint density at radius 2 is 1.55 bits per heavy atom. The number of rotatable bonds is 3. The van der Waals surface area contributed by atoms with Crippen LogP contribution in [0, 0.1) is 11.6 Å². The second kappa shape index (κ2) is 7.37. The molecule has 0 aliphatic heterocycles. The Kier molecular flexibility index (Phi) is 5.02. The van der Waals surface area contributed by atoms with Crippen LogP contribution in [-0.4, -0.2) is 13.4 Å². The second-order valence-electron chi connectivity index (χ2n) is 6.26. The largest absolute Gasteiger partial charge is 0.236 e. The molecule has 0 aliphatic rings. The fraction of sp³-hybridized carbons (Fsp3) is 0. The second-order valence-corrected chi connectivity index (χ2v) is 9.00. The van der Waals surface area contributed by atoms with E-state index in [-0.39, 0.29) is 14.9 Å². The molecule has 0 saturated carbocycles. The van der Waals surface area contributed by atoms with Crippen LogP contribution in [0.4, 0.5) is 8.78 Å². The summed E-state index contributed by atoms with van der Waals surface area (Å²) < 4.78 is 53.5. The molecule has 0 bridgehead atoms. The Morgan fingerprint density at radius 3 is 2.24 bits per heavy atom. The van der Waals surface area contributed by atoms with Crippen molar-refractivity contribution in [2.45, 2.75) is 9.92 Å². The number of benzene rings is 3. The molecule has 4 rings (SSSR count). The highest BCUT2D eigenvalue weighted by Crippen LogP contribution is 2.33. The molecule has 8 heteroatoms. The number of pyridine rings is 1. The first-order valence-electron chi connectivity index (χ1n) is 8.32. The van der Waals surface area contributed by atoms with Crippen molar-refractivity contribution < 1.29 is 17.2 Å². The summed E-state index contributed by atoms with van der Waals surface area (Å²) in [7, 11) is -4.10. The number of nitrogens with zero attached hydrogens (tertiary/aromatic N) is 1. The molecule has 0 saturated heterocycles. The molecular weight excluding hydrogens is 439 g/mol. The summed E-state index contributed by atoms with van der Waals surface area (Å²) in [5, 5.41) is 0.381. The fourth-order valence-corrected chi connectivity index (χ4v) is 4.57. The molecule has 1 heterocycles. The maximum atomic E-state index is 13.9. The van der Waals surface area contributed by atoms with E-state index in [1.54, 1.807) is 24.3 Å². The van der Waals surface area contributed by atoms with Crippen LogP contribution in [0.1, 0.15) is 0 Å². The Bertz CT molecular complexity index is 1360. The molecule has 0 radical (unpaired) electrons. The van der Waals surface area contributed by atoms with Crippen LogP contribution in [-0.2, 0) is 9.84 Å². The molecule has 3 nitrogen and oxygen atoms in total. The number of halogens is 4. The van der Waals surface area contributed by atoms with Crippen LogP contribution in [0.15, 0.2) is 76.7 Å². The van der Waals surface area contributed by atoms with E-state index >= 15 is 0 Å². The Balaban J connectivity index is 1.99. The van der Waals surface area contributed by atoms with E-state index in [1.165, 1.54) is 24.3 Å². The minimum Gasteiger partial charge on any atom is -0.236 e. The topological polar surface area (TPSA) is 47.0 Å². The van der Waals surface area contributed by atoms with Gasteiger partial charge in [0.25, 0.3) is 0 Å². The Hall–Kier alpha value is -2.54. The minimum atomic E-state index is -4.10. The minimum absolute atomic E-state index is 0.195. The van der Waals surface area contributed by atoms with Gasteiger partial charge in [-0.05, 0) is 65.7 Å². The van der Waals surface area contributed by atoms with E-state index in [0.717, 1.165) is 18.2 Å². The first-order valence-corrected chi connectivity index (χ1v) is 10.6. The molecule has 29 heavy (non-hydrogen) atoms. The smallest absolute Gasteiger partial charge is 0.223 e. The van der Waals surface area contributed by atoms with Crippen molar-refractivity contribution in [3.8, 4) is 11.1 Å². The van der Waals surface area contributed by atoms with E-state index in [0.29, 0.717) is 27.1 Å². The van der Waals surface area contributed by atoms with Gasteiger partial charge in [0.05, 0.1) is 15.4 Å². The van der Waals surface area contributed by atoms with Crippen molar-refractivity contribution in [3.05, 3.63) is 88.4 Å². The quantitative estimate of drug-likeness (QED) is 0.343. The predicted octanol–water partition coefficient (Wildman–Crippen LogP) is 6.32. The lowest BCUT2D eigenvalue weighted by Crippen LogP contribution is -2.06. The number of fused-ring (bicyclic) bond motifs is 1. The van der Waals surface area contributed by atoms with Crippen LogP contribution in [0.5, 0.6) is 0 Å². The molecular formula is C21H11Cl2F2NO2S. The molecule has 0 aliphatic carbocycles. The van der Waals surface area contributed by atoms with Gasteiger partial charge < -0.3 is 0 Å². The maximum absolute atomic E-state index is 13.9. The number of hydrogen-bond donors (Lipinski definition) is 0. The van der Waals surface area contributed by atoms with Crippen molar-refractivity contribution in [2.24, 2.45) is 0 Å². The molecule has 0 amide bonds. The molecule has 0 fully saturated rings. The molecule has 1 aromatic heterocycles. The van der Waals surface area contributed by atoms with Crippen molar-refractivity contribution in [1.29, 1.82) is 0 Å². The summed E-state index contributed by atoms with van der Waals surface area (Å²) in [6.45, 7) is 0. The van der Waals surface area contributed by atoms with Crippen LogP contribution in [0.25, 0.3) is 22.0 Å². The van der Waals surface area contributed by atoms with Crippen LogP contribution in [0.3, 0.4) is 0 Å². The van der Waals surface area contributed by atoms with Crippen LogP contribution < -0.4 is 0 Å². The fourth-order valence-electron chi connectivity index (χ4n) is 2.94. The average molecular weight is 450 g/mol. The van der Waals surface area contributed by atoms with Gasteiger partial charge in [-0.2, -0.15) is 0 Å². The Morgan fingerprint density at radius 1 is 0.828 bits per heavy atom. The summed E-state index contributed by atoms with van der Waals surface area (Å²) in [4.78, 5) is 4.01. The summed E-state index contributed by atoms with van der Waals surface area (Å²) >= 11 is 11.7. The first kappa shape index (κ1) is 19.8. The van der Waals surface area contributed by atoms with E-state index < -0.39 is 21.5 Å². The molecule has 0 atom stereocenters. The average Bonchev–Trinajstić information content (AvgIpc) is 2.70. The lowest BCUT2D eigenvalue weighted by Gasteiger charge is -2.11. The molecule has 3 aromatic carbocycles. The third-order valence-electron chi connectivity index (χ3n) is 4.38. The van der Waals surface area contributed by atoms with Gasteiger partial charge in [-0.15, -0.1) is 0 Å². The zero-order valence-electron chi connectivity index (χ0n) is 14.5. The monoisotopic (exact) mass is 449 g/mol. The third-order valence-corrected chi connectivity index (χ3v) is 6.56. The van der Waals surface area contributed by atoms with Crippen molar-refractivity contribution in [1.82, 2.24) is 4.98 Å². The highest BCUT2D eigenvalue weighted by Gasteiger charge is 2.23. The van der Waals surface area contributed by atoms with Crippen molar-refractivity contribution in [2.75, 3.05) is 0 Å². The highest BCUT2D eigenvalue weighted by atomic mass is 35.5. The van der Waals surface area contributed by atoms with E-state index in [9.17, 15) is 17.2 Å². The van der Waals surface area contributed by atoms with Gasteiger partial charge in [0.15, 0.2) is 5.03 Å². The lowest BCUT2D eigenvalue weighted by molar-refractivity contribution is 0.591. The predicted molar refractivity (Wildman–Crippen MR) is 109 cm³/mol. The summed E-state index contributed by atoms with van der Waals surface area (Å²) in [6.07, 6.45) is 0. The van der Waals surface area contributed by atoms with E-state index in [4.69, 9.17) is 23.2 Å². The van der Waals surface area contributed by atoms with E-state index in [2.05, 4.69) is 4.98 Å². The van der Waals surface area contributed by atoms with Gasteiger partial charge in [-0.1, -0.05) is 35.3 Å². The van der Waals surface area contributed by atoms with Gasteiger partial charge in [-0.3, -0.25) is 0 Å². The molecule has 146 valence electrons. The van der Waals surface area contributed by atoms with Gasteiger partial charge in [0, 0.05) is 10.4 Å². The van der Waals surface area contributed by atoms with Gasteiger partial charge >= 0.3 is 0 Å². The zero-order chi connectivity index (χ0) is 20.8. The van der Waals surface area contributed by atoms with Crippen molar-refractivity contribution >= 4 is 43.9 Å². The molecule has 0 N–H and O–H groups in total. The first-order chi connectivity index (χ1) is 13.8. The maximum Gasteiger partial charge on any atom is 0.223 e. The van der Waals surface area contributed by atoms with Gasteiger partial charge in [0.2, 0.25) is 9.84 Å².